The van der Waals surface area contributed by atoms with Gasteiger partial charge in [-0.2, -0.15) is 0 Å². The first-order valence-corrected chi connectivity index (χ1v) is 8.63. The Balaban J connectivity index is 1.79. The number of carbonyl (C=O) groups is 2. The zero-order valence-electron chi connectivity index (χ0n) is 14.8. The minimum Gasteiger partial charge on any atom is -0.491 e. The Morgan fingerprint density at radius 2 is 2.12 bits per heavy atom. The Morgan fingerprint density at radius 3 is 2.83 bits per heavy atom. The van der Waals surface area contributed by atoms with Crippen molar-refractivity contribution >= 4 is 11.9 Å². The fourth-order valence-electron chi connectivity index (χ4n) is 2.87. The molecule has 1 saturated heterocycles. The van der Waals surface area contributed by atoms with E-state index < -0.39 is 5.97 Å². The SMILES string of the molecule is CC1CCCN(C(=O)COC(=O)Cc2cccc(OC(C)C)c2)C1. The van der Waals surface area contributed by atoms with Gasteiger partial charge in [0.15, 0.2) is 6.61 Å². The lowest BCUT2D eigenvalue weighted by Gasteiger charge is -2.30. The summed E-state index contributed by atoms with van der Waals surface area (Å²) in [6.07, 6.45) is 2.39. The van der Waals surface area contributed by atoms with Gasteiger partial charge in [-0.15, -0.1) is 0 Å². The number of hydrogen-bond donors (Lipinski definition) is 0. The van der Waals surface area contributed by atoms with E-state index in [1.165, 1.54) is 0 Å². The normalized spacial score (nSPS) is 17.7. The summed E-state index contributed by atoms with van der Waals surface area (Å²) in [4.78, 5) is 25.9. The molecule has 1 aromatic carbocycles. The first kappa shape index (κ1) is 18.3. The molecule has 0 N–H and O–H groups in total. The summed E-state index contributed by atoms with van der Waals surface area (Å²) in [7, 11) is 0. The zero-order chi connectivity index (χ0) is 17.5. The monoisotopic (exact) mass is 333 g/mol. The van der Waals surface area contributed by atoms with E-state index in [9.17, 15) is 9.59 Å². The first-order valence-electron chi connectivity index (χ1n) is 8.63. The molecule has 132 valence electrons. The molecule has 2 rings (SSSR count). The van der Waals surface area contributed by atoms with E-state index in [-0.39, 0.29) is 25.0 Å². The molecule has 1 unspecified atom stereocenters. The van der Waals surface area contributed by atoms with Gasteiger partial charge in [0.2, 0.25) is 0 Å². The summed E-state index contributed by atoms with van der Waals surface area (Å²) in [6, 6.07) is 7.38. The summed E-state index contributed by atoms with van der Waals surface area (Å²) in [5, 5.41) is 0. The minimum absolute atomic E-state index is 0.0803. The maximum absolute atomic E-state index is 12.1. The number of likely N-dealkylation sites (tertiary alicyclic amines) is 1. The lowest BCUT2D eigenvalue weighted by Crippen LogP contribution is -2.41. The highest BCUT2D eigenvalue weighted by molar-refractivity contribution is 5.81. The summed E-state index contributed by atoms with van der Waals surface area (Å²) in [6.45, 7) is 7.38. The van der Waals surface area contributed by atoms with Gasteiger partial charge in [-0.1, -0.05) is 19.1 Å². The molecule has 5 heteroatoms. The molecule has 0 aliphatic carbocycles. The smallest absolute Gasteiger partial charge is 0.310 e. The maximum Gasteiger partial charge on any atom is 0.310 e. The van der Waals surface area contributed by atoms with Crippen LogP contribution >= 0.6 is 0 Å². The van der Waals surface area contributed by atoms with Gasteiger partial charge in [0.05, 0.1) is 12.5 Å². The van der Waals surface area contributed by atoms with Gasteiger partial charge in [0.1, 0.15) is 5.75 Å². The quantitative estimate of drug-likeness (QED) is 0.751. The number of hydrogen-bond acceptors (Lipinski definition) is 4. The minimum atomic E-state index is -0.393. The van der Waals surface area contributed by atoms with Crippen molar-refractivity contribution in [2.24, 2.45) is 5.92 Å². The fraction of sp³-hybridized carbons (Fsp3) is 0.579. The molecule has 1 aliphatic rings. The predicted octanol–water partition coefficient (Wildman–Crippen LogP) is 2.82. The van der Waals surface area contributed by atoms with E-state index in [4.69, 9.17) is 9.47 Å². The lowest BCUT2D eigenvalue weighted by molar-refractivity contribution is -0.152. The van der Waals surface area contributed by atoms with E-state index in [1.807, 2.05) is 38.1 Å². The van der Waals surface area contributed by atoms with Crippen LogP contribution in [0.15, 0.2) is 24.3 Å². The Hall–Kier alpha value is -2.04. The second-order valence-corrected chi connectivity index (χ2v) is 6.74. The highest BCUT2D eigenvalue weighted by Crippen LogP contribution is 2.17. The molecule has 0 saturated carbocycles. The molecule has 1 atom stereocenters. The topological polar surface area (TPSA) is 55.8 Å². The van der Waals surface area contributed by atoms with Crippen molar-refractivity contribution in [3.8, 4) is 5.75 Å². The Labute approximate surface area is 143 Å². The fourth-order valence-corrected chi connectivity index (χ4v) is 2.87. The van der Waals surface area contributed by atoms with Crippen LogP contribution in [0.25, 0.3) is 0 Å². The van der Waals surface area contributed by atoms with E-state index in [0.29, 0.717) is 5.92 Å². The third-order valence-electron chi connectivity index (χ3n) is 3.99. The van der Waals surface area contributed by atoms with E-state index in [0.717, 1.165) is 37.2 Å². The average Bonchev–Trinajstić information content (AvgIpc) is 2.52. The Morgan fingerprint density at radius 1 is 1.33 bits per heavy atom. The maximum atomic E-state index is 12.1. The van der Waals surface area contributed by atoms with Gasteiger partial charge in [0, 0.05) is 13.1 Å². The van der Waals surface area contributed by atoms with Crippen LogP contribution in [0.5, 0.6) is 5.75 Å². The van der Waals surface area contributed by atoms with Crippen molar-refractivity contribution in [1.29, 1.82) is 0 Å². The summed E-state index contributed by atoms with van der Waals surface area (Å²) in [5.74, 6) is 0.748. The molecular formula is C19H27NO4. The second-order valence-electron chi connectivity index (χ2n) is 6.74. The van der Waals surface area contributed by atoms with Crippen LogP contribution in [0.1, 0.15) is 39.2 Å². The molecule has 1 amide bonds. The van der Waals surface area contributed by atoms with Gasteiger partial charge >= 0.3 is 5.97 Å². The van der Waals surface area contributed by atoms with Crippen LogP contribution in [0.2, 0.25) is 0 Å². The average molecular weight is 333 g/mol. The van der Waals surface area contributed by atoms with E-state index in [2.05, 4.69) is 6.92 Å². The summed E-state index contributed by atoms with van der Waals surface area (Å²) in [5.41, 5.74) is 0.817. The molecule has 0 spiro atoms. The Bertz CT molecular complexity index is 570. The van der Waals surface area contributed by atoms with Gasteiger partial charge in [-0.3, -0.25) is 9.59 Å². The molecule has 0 aromatic heterocycles. The van der Waals surface area contributed by atoms with Gasteiger partial charge in [-0.25, -0.2) is 0 Å². The Kier molecular flexibility index (Phi) is 6.64. The molecule has 0 radical (unpaired) electrons. The third-order valence-corrected chi connectivity index (χ3v) is 3.99. The number of benzene rings is 1. The molecule has 24 heavy (non-hydrogen) atoms. The third kappa shape index (κ3) is 5.87. The van der Waals surface area contributed by atoms with Crippen LogP contribution in [0.3, 0.4) is 0 Å². The summed E-state index contributed by atoms with van der Waals surface area (Å²) >= 11 is 0. The second kappa shape index (κ2) is 8.71. The molecule has 1 aromatic rings. The standard InChI is InChI=1S/C19H27NO4/c1-14(2)24-17-8-4-7-16(10-17)11-19(22)23-13-18(21)20-9-5-6-15(3)12-20/h4,7-8,10,14-15H,5-6,9,11-13H2,1-3H3. The van der Waals surface area contributed by atoms with Crippen molar-refractivity contribution in [3.05, 3.63) is 29.8 Å². The molecule has 5 nitrogen and oxygen atoms in total. The number of ether oxygens (including phenoxy) is 2. The molecule has 1 heterocycles. The van der Waals surface area contributed by atoms with Crippen LogP contribution in [0.4, 0.5) is 0 Å². The lowest BCUT2D eigenvalue weighted by atomic mass is 10.0. The highest BCUT2D eigenvalue weighted by atomic mass is 16.5. The van der Waals surface area contributed by atoms with Gasteiger partial charge in [-0.05, 0) is 50.3 Å². The van der Waals surface area contributed by atoms with E-state index >= 15 is 0 Å². The molecular weight excluding hydrogens is 306 g/mol. The van der Waals surface area contributed by atoms with Crippen LogP contribution in [0, 0.1) is 5.92 Å². The van der Waals surface area contributed by atoms with Crippen molar-refractivity contribution in [3.63, 3.8) is 0 Å². The number of amides is 1. The highest BCUT2D eigenvalue weighted by Gasteiger charge is 2.21. The van der Waals surface area contributed by atoms with Crippen molar-refractivity contribution in [2.75, 3.05) is 19.7 Å². The number of esters is 1. The van der Waals surface area contributed by atoms with Gasteiger partial charge < -0.3 is 14.4 Å². The number of piperidine rings is 1. The van der Waals surface area contributed by atoms with E-state index in [1.54, 1.807) is 4.90 Å². The van der Waals surface area contributed by atoms with Gasteiger partial charge in [0.25, 0.3) is 5.91 Å². The number of rotatable bonds is 6. The first-order chi connectivity index (χ1) is 11.4. The van der Waals surface area contributed by atoms with Crippen LogP contribution in [-0.2, 0) is 20.7 Å². The van der Waals surface area contributed by atoms with Crippen molar-refractivity contribution < 1.29 is 19.1 Å². The van der Waals surface area contributed by atoms with Crippen molar-refractivity contribution in [1.82, 2.24) is 4.90 Å². The summed E-state index contributed by atoms with van der Waals surface area (Å²) < 4.78 is 10.8. The predicted molar refractivity (Wildman–Crippen MR) is 91.8 cm³/mol. The molecule has 1 fully saturated rings. The molecule has 0 bridgehead atoms. The van der Waals surface area contributed by atoms with Crippen LogP contribution < -0.4 is 4.74 Å². The molecule has 1 aliphatic heterocycles. The van der Waals surface area contributed by atoms with Crippen molar-refractivity contribution in [2.45, 2.75) is 46.1 Å². The zero-order valence-corrected chi connectivity index (χ0v) is 14.8. The number of carbonyl (C=O) groups excluding carboxylic acids is 2. The van der Waals surface area contributed by atoms with Crippen LogP contribution in [-0.4, -0.2) is 42.6 Å². The number of nitrogens with zero attached hydrogens (tertiary/aromatic N) is 1. The largest absolute Gasteiger partial charge is 0.491 e.